The lowest BCUT2D eigenvalue weighted by Gasteiger charge is -2.15. The molecule has 0 aliphatic carbocycles. The molecule has 0 fully saturated rings. The molecule has 0 saturated heterocycles. The number of benzene rings is 2. The zero-order chi connectivity index (χ0) is 20.4. The molecule has 8 heteroatoms. The SMILES string of the molecule is Cc1cc(OCc2n[nH]c(=O)n2C)c(-c2cccc(C(=O)N(C)C)c2)cc1Cl. The number of nitrogens with one attached hydrogen (secondary N) is 1. The minimum absolute atomic E-state index is 0.0888. The predicted molar refractivity (Wildman–Crippen MR) is 108 cm³/mol. The van der Waals surface area contributed by atoms with Gasteiger partial charge in [-0.2, -0.15) is 5.10 Å². The second-order valence-electron chi connectivity index (χ2n) is 6.67. The molecule has 0 saturated carbocycles. The van der Waals surface area contributed by atoms with Crippen molar-refractivity contribution in [1.29, 1.82) is 0 Å². The molecule has 146 valence electrons. The summed E-state index contributed by atoms with van der Waals surface area (Å²) >= 11 is 6.34. The summed E-state index contributed by atoms with van der Waals surface area (Å²) in [6, 6.07) is 10.9. The topological polar surface area (TPSA) is 80.2 Å². The fourth-order valence-electron chi connectivity index (χ4n) is 2.73. The third-order valence-corrected chi connectivity index (χ3v) is 4.82. The highest BCUT2D eigenvalue weighted by Gasteiger charge is 2.15. The van der Waals surface area contributed by atoms with Crippen LogP contribution in [0.2, 0.25) is 5.02 Å². The van der Waals surface area contributed by atoms with Gasteiger partial charge in [-0.15, -0.1) is 0 Å². The number of carbonyl (C=O) groups excluding carboxylic acids is 1. The molecule has 7 nitrogen and oxygen atoms in total. The number of carbonyl (C=O) groups is 1. The van der Waals surface area contributed by atoms with Crippen LogP contribution in [0.3, 0.4) is 0 Å². The molecule has 0 radical (unpaired) electrons. The quantitative estimate of drug-likeness (QED) is 0.713. The Morgan fingerprint density at radius 2 is 2.04 bits per heavy atom. The summed E-state index contributed by atoms with van der Waals surface area (Å²) in [5.74, 6) is 0.973. The predicted octanol–water partition coefficient (Wildman–Crippen LogP) is 3.02. The largest absolute Gasteiger partial charge is 0.485 e. The van der Waals surface area contributed by atoms with Gasteiger partial charge in [-0.25, -0.2) is 9.89 Å². The maximum Gasteiger partial charge on any atom is 0.343 e. The Bertz CT molecular complexity index is 1090. The van der Waals surface area contributed by atoms with Crippen LogP contribution in [0.4, 0.5) is 0 Å². The number of ether oxygens (including phenoxy) is 1. The van der Waals surface area contributed by atoms with Gasteiger partial charge in [-0.3, -0.25) is 9.36 Å². The van der Waals surface area contributed by atoms with Gasteiger partial charge in [0, 0.05) is 37.3 Å². The van der Waals surface area contributed by atoms with Crippen molar-refractivity contribution in [3.05, 3.63) is 68.9 Å². The summed E-state index contributed by atoms with van der Waals surface area (Å²) in [7, 11) is 5.04. The van der Waals surface area contributed by atoms with Crippen molar-refractivity contribution >= 4 is 17.5 Å². The van der Waals surface area contributed by atoms with Crippen LogP contribution < -0.4 is 10.4 Å². The van der Waals surface area contributed by atoms with Crippen LogP contribution in [0.1, 0.15) is 21.7 Å². The van der Waals surface area contributed by atoms with Crippen LogP contribution in [0.5, 0.6) is 5.75 Å². The van der Waals surface area contributed by atoms with Gasteiger partial charge in [0.15, 0.2) is 5.82 Å². The molecular weight excluding hydrogens is 380 g/mol. The summed E-state index contributed by atoms with van der Waals surface area (Å²) in [4.78, 5) is 25.4. The minimum Gasteiger partial charge on any atom is -0.485 e. The first-order valence-electron chi connectivity index (χ1n) is 8.63. The number of halogens is 1. The average molecular weight is 401 g/mol. The molecule has 0 bridgehead atoms. The summed E-state index contributed by atoms with van der Waals surface area (Å²) in [5, 5.41) is 6.93. The number of nitrogens with zero attached hydrogens (tertiary/aromatic N) is 3. The molecule has 1 aromatic heterocycles. The number of aryl methyl sites for hydroxylation is 1. The van der Waals surface area contributed by atoms with Gasteiger partial charge < -0.3 is 9.64 Å². The molecule has 1 amide bonds. The molecule has 28 heavy (non-hydrogen) atoms. The van der Waals surface area contributed by atoms with E-state index in [1.165, 1.54) is 9.47 Å². The van der Waals surface area contributed by atoms with Gasteiger partial charge in [0.1, 0.15) is 12.4 Å². The van der Waals surface area contributed by atoms with Crippen LogP contribution in [0.15, 0.2) is 41.2 Å². The van der Waals surface area contributed by atoms with E-state index in [9.17, 15) is 9.59 Å². The lowest BCUT2D eigenvalue weighted by atomic mass is 10.0. The number of aromatic amines is 1. The molecule has 0 aliphatic heterocycles. The van der Waals surface area contributed by atoms with Crippen LogP contribution in [-0.4, -0.2) is 39.7 Å². The maximum absolute atomic E-state index is 12.3. The van der Waals surface area contributed by atoms with Gasteiger partial charge >= 0.3 is 5.69 Å². The van der Waals surface area contributed by atoms with E-state index in [0.29, 0.717) is 22.2 Å². The zero-order valence-corrected chi connectivity index (χ0v) is 16.9. The molecule has 3 aromatic rings. The zero-order valence-electron chi connectivity index (χ0n) is 16.1. The van der Waals surface area contributed by atoms with Gasteiger partial charge in [-0.1, -0.05) is 23.7 Å². The molecule has 1 heterocycles. The van der Waals surface area contributed by atoms with Crippen molar-refractivity contribution in [1.82, 2.24) is 19.7 Å². The van der Waals surface area contributed by atoms with Crippen LogP contribution in [0.25, 0.3) is 11.1 Å². The van der Waals surface area contributed by atoms with Crippen molar-refractivity contribution in [2.45, 2.75) is 13.5 Å². The van der Waals surface area contributed by atoms with E-state index >= 15 is 0 Å². The molecule has 0 aliphatic rings. The first-order valence-corrected chi connectivity index (χ1v) is 9.01. The van der Waals surface area contributed by atoms with Gasteiger partial charge in [0.05, 0.1) is 0 Å². The van der Waals surface area contributed by atoms with Gasteiger partial charge in [-0.05, 0) is 42.3 Å². The van der Waals surface area contributed by atoms with Crippen molar-refractivity contribution in [3.8, 4) is 16.9 Å². The molecule has 0 atom stereocenters. The van der Waals surface area contributed by atoms with Crippen LogP contribution >= 0.6 is 11.6 Å². The van der Waals surface area contributed by atoms with Crippen molar-refractivity contribution in [2.75, 3.05) is 14.1 Å². The second-order valence-corrected chi connectivity index (χ2v) is 7.08. The lowest BCUT2D eigenvalue weighted by molar-refractivity contribution is 0.0827. The van der Waals surface area contributed by atoms with E-state index < -0.39 is 0 Å². The summed E-state index contributed by atoms with van der Waals surface area (Å²) in [5.41, 5.74) is 2.68. The number of aromatic nitrogens is 3. The minimum atomic E-state index is -0.305. The smallest absolute Gasteiger partial charge is 0.343 e. The highest BCUT2D eigenvalue weighted by atomic mass is 35.5. The third-order valence-electron chi connectivity index (χ3n) is 4.42. The normalized spacial score (nSPS) is 10.8. The maximum atomic E-state index is 12.3. The first-order chi connectivity index (χ1) is 13.3. The Labute approximate surface area is 167 Å². The lowest BCUT2D eigenvalue weighted by Crippen LogP contribution is -2.21. The van der Waals surface area contributed by atoms with Crippen molar-refractivity contribution in [2.24, 2.45) is 7.05 Å². The number of H-pyrrole nitrogens is 1. The standard InChI is InChI=1S/C20H21ClN4O3/c1-12-8-17(28-11-18-22-23-20(27)25(18)4)15(10-16(12)21)13-6-5-7-14(9-13)19(26)24(2)3/h5-10H,11H2,1-4H3,(H,23,27). The van der Waals surface area contributed by atoms with E-state index in [2.05, 4.69) is 10.2 Å². The average Bonchev–Trinajstić information content (AvgIpc) is 3.00. The Kier molecular flexibility index (Phi) is 5.56. The molecule has 0 unspecified atom stereocenters. The highest BCUT2D eigenvalue weighted by Crippen LogP contribution is 2.35. The van der Waals surface area contributed by atoms with Gasteiger partial charge in [0.2, 0.25) is 0 Å². The first kappa shape index (κ1) is 19.7. The fourth-order valence-corrected chi connectivity index (χ4v) is 2.89. The van der Waals surface area contributed by atoms with E-state index in [4.69, 9.17) is 16.3 Å². The highest BCUT2D eigenvalue weighted by molar-refractivity contribution is 6.31. The van der Waals surface area contributed by atoms with Crippen LogP contribution in [-0.2, 0) is 13.7 Å². The second kappa shape index (κ2) is 7.90. The fraction of sp³-hybridized carbons (Fsp3) is 0.250. The summed E-state index contributed by atoms with van der Waals surface area (Å²) in [6.07, 6.45) is 0. The Balaban J connectivity index is 2.00. The molecule has 3 rings (SSSR count). The molecule has 1 N–H and O–H groups in total. The Hall–Kier alpha value is -3.06. The Morgan fingerprint density at radius 1 is 1.29 bits per heavy atom. The number of rotatable bonds is 5. The third kappa shape index (κ3) is 3.94. The summed E-state index contributed by atoms with van der Waals surface area (Å²) < 4.78 is 7.35. The van der Waals surface area contributed by atoms with Crippen molar-refractivity contribution < 1.29 is 9.53 Å². The number of hydrogen-bond donors (Lipinski definition) is 1. The van der Waals surface area contributed by atoms with Gasteiger partial charge in [0.25, 0.3) is 5.91 Å². The number of amides is 1. The van der Waals surface area contributed by atoms with Crippen LogP contribution in [0, 0.1) is 6.92 Å². The summed E-state index contributed by atoms with van der Waals surface area (Å²) in [6.45, 7) is 1.99. The molecule has 0 spiro atoms. The van der Waals surface area contributed by atoms with E-state index in [1.807, 2.05) is 31.2 Å². The van der Waals surface area contributed by atoms with E-state index in [0.717, 1.165) is 16.7 Å². The van der Waals surface area contributed by atoms with Crippen molar-refractivity contribution in [3.63, 3.8) is 0 Å². The molecule has 2 aromatic carbocycles. The van der Waals surface area contributed by atoms with E-state index in [1.54, 1.807) is 33.3 Å². The Morgan fingerprint density at radius 3 is 2.68 bits per heavy atom. The monoisotopic (exact) mass is 400 g/mol. The van der Waals surface area contributed by atoms with E-state index in [-0.39, 0.29) is 18.2 Å². The number of hydrogen-bond acceptors (Lipinski definition) is 4. The molecular formula is C20H21ClN4O3.